The first-order valence-electron chi connectivity index (χ1n) is 9.52. The van der Waals surface area contributed by atoms with Crippen LogP contribution in [0.15, 0.2) is 35.3 Å². The number of pyridine rings is 1. The van der Waals surface area contributed by atoms with E-state index in [4.69, 9.17) is 0 Å². The van der Waals surface area contributed by atoms with E-state index in [1.807, 2.05) is 0 Å². The second kappa shape index (κ2) is 7.07. The van der Waals surface area contributed by atoms with Crippen LogP contribution < -0.4 is 10.9 Å². The smallest absolute Gasteiger partial charge is 0.273 e. The third kappa shape index (κ3) is 3.53. The fraction of sp³-hybridized carbons (Fsp3) is 0.381. The van der Waals surface area contributed by atoms with E-state index in [0.29, 0.717) is 42.3 Å². The zero-order chi connectivity index (χ0) is 21.7. The van der Waals surface area contributed by atoms with E-state index in [1.165, 1.54) is 29.0 Å². The minimum atomic E-state index is -3.31. The molecule has 1 aromatic carbocycles. The number of hydrogen-bond donors (Lipinski definition) is 1. The molecule has 0 bridgehead atoms. The average molecular weight is 420 g/mol. The maximum absolute atomic E-state index is 14.6. The first-order chi connectivity index (χ1) is 14.1. The van der Waals surface area contributed by atoms with E-state index < -0.39 is 29.5 Å². The Morgan fingerprint density at radius 2 is 2.00 bits per heavy atom. The molecule has 0 spiro atoms. The maximum atomic E-state index is 14.6. The highest BCUT2D eigenvalue weighted by Crippen LogP contribution is 2.43. The largest absolute Gasteiger partial charge is 0.365 e. The molecule has 4 rings (SSSR count). The first-order valence-corrected chi connectivity index (χ1v) is 9.52. The molecule has 1 aliphatic rings. The van der Waals surface area contributed by atoms with E-state index in [2.05, 4.69) is 15.3 Å². The average Bonchev–Trinajstić information content (AvgIpc) is 3.46. The highest BCUT2D eigenvalue weighted by Gasteiger charge is 2.45. The lowest BCUT2D eigenvalue weighted by Gasteiger charge is -2.17. The van der Waals surface area contributed by atoms with Crippen LogP contribution in [0.25, 0.3) is 10.9 Å². The van der Waals surface area contributed by atoms with Gasteiger partial charge in [-0.1, -0.05) is 18.2 Å². The summed E-state index contributed by atoms with van der Waals surface area (Å²) >= 11 is 0. The van der Waals surface area contributed by atoms with Crippen molar-refractivity contribution >= 4 is 16.7 Å². The number of nitrogens with zero attached hydrogens (tertiary/aromatic N) is 3. The molecule has 1 N–H and O–H groups in total. The summed E-state index contributed by atoms with van der Waals surface area (Å²) in [6, 6.07) is 5.15. The Balaban J connectivity index is 1.73. The minimum Gasteiger partial charge on any atom is -0.365 e. The van der Waals surface area contributed by atoms with Crippen LogP contribution in [-0.4, -0.2) is 21.2 Å². The van der Waals surface area contributed by atoms with Crippen LogP contribution in [0.4, 0.5) is 23.4 Å². The van der Waals surface area contributed by atoms with Gasteiger partial charge in [-0.3, -0.25) is 4.79 Å². The Morgan fingerprint density at radius 3 is 2.63 bits per heavy atom. The summed E-state index contributed by atoms with van der Waals surface area (Å²) in [5, 5.41) is 3.43. The van der Waals surface area contributed by atoms with Gasteiger partial charge in [-0.2, -0.15) is 0 Å². The summed E-state index contributed by atoms with van der Waals surface area (Å²) in [4.78, 5) is 21.0. The standard InChI is InChI=1S/C21H20F4N4O/c1-12-27-16-8-17(30)29(21(11-22)6-7-21)10-14(16)19(28-12)26-9-13-4-3-5-15(18(13)23)20(2,24)25/h3-5,8,10H,6-7,9,11H2,1-2H3,(H,26,27,28). The molecule has 0 aliphatic heterocycles. The summed E-state index contributed by atoms with van der Waals surface area (Å²) in [7, 11) is 0. The summed E-state index contributed by atoms with van der Waals surface area (Å²) in [6.07, 6.45) is 2.64. The Labute approximate surface area is 169 Å². The maximum Gasteiger partial charge on any atom is 0.273 e. The molecular weight excluding hydrogens is 400 g/mol. The summed E-state index contributed by atoms with van der Waals surface area (Å²) < 4.78 is 56.6. The summed E-state index contributed by atoms with van der Waals surface area (Å²) in [6.45, 7) is 1.52. The second-order valence-electron chi connectivity index (χ2n) is 7.78. The van der Waals surface area contributed by atoms with Gasteiger partial charge in [0.25, 0.3) is 11.5 Å². The van der Waals surface area contributed by atoms with Crippen molar-refractivity contribution in [1.82, 2.24) is 14.5 Å². The van der Waals surface area contributed by atoms with Gasteiger partial charge in [-0.05, 0) is 19.8 Å². The fourth-order valence-electron chi connectivity index (χ4n) is 3.54. The Morgan fingerprint density at radius 1 is 1.27 bits per heavy atom. The Hall–Kier alpha value is -2.97. The van der Waals surface area contributed by atoms with Gasteiger partial charge in [-0.25, -0.2) is 27.5 Å². The number of rotatable bonds is 6. The van der Waals surface area contributed by atoms with E-state index in [9.17, 15) is 22.4 Å². The van der Waals surface area contributed by atoms with E-state index >= 15 is 0 Å². The Kier molecular flexibility index (Phi) is 4.79. The highest BCUT2D eigenvalue weighted by atomic mass is 19.3. The van der Waals surface area contributed by atoms with Crippen molar-refractivity contribution in [1.29, 1.82) is 0 Å². The molecule has 3 aromatic rings. The van der Waals surface area contributed by atoms with Gasteiger partial charge in [0.1, 0.15) is 24.1 Å². The summed E-state index contributed by atoms with van der Waals surface area (Å²) in [5.41, 5.74) is -1.45. The van der Waals surface area contributed by atoms with E-state index in [0.717, 1.165) is 6.07 Å². The molecule has 1 saturated carbocycles. The van der Waals surface area contributed by atoms with Gasteiger partial charge >= 0.3 is 0 Å². The van der Waals surface area contributed by atoms with Crippen molar-refractivity contribution in [3.8, 4) is 0 Å². The van der Waals surface area contributed by atoms with Crippen molar-refractivity contribution < 1.29 is 17.6 Å². The number of alkyl halides is 3. The number of anilines is 1. The minimum absolute atomic E-state index is 0.0502. The third-order valence-corrected chi connectivity index (χ3v) is 5.43. The number of benzene rings is 1. The van der Waals surface area contributed by atoms with Crippen LogP contribution in [-0.2, 0) is 18.0 Å². The second-order valence-corrected chi connectivity index (χ2v) is 7.78. The molecule has 30 heavy (non-hydrogen) atoms. The molecule has 0 radical (unpaired) electrons. The number of aryl methyl sites for hydroxylation is 1. The molecule has 9 heteroatoms. The number of halogens is 4. The lowest BCUT2D eigenvalue weighted by Crippen LogP contribution is -2.31. The number of nitrogens with one attached hydrogen (secondary N) is 1. The lowest BCUT2D eigenvalue weighted by molar-refractivity contribution is 0.0136. The van der Waals surface area contributed by atoms with Crippen molar-refractivity contribution in [3.63, 3.8) is 0 Å². The van der Waals surface area contributed by atoms with Gasteiger partial charge in [0.05, 0.1) is 22.0 Å². The molecule has 0 amide bonds. The molecule has 2 heterocycles. The molecule has 0 atom stereocenters. The van der Waals surface area contributed by atoms with Crippen molar-refractivity contribution in [2.24, 2.45) is 0 Å². The first kappa shape index (κ1) is 20.3. The molecule has 2 aromatic heterocycles. The van der Waals surface area contributed by atoms with Gasteiger partial charge in [0.2, 0.25) is 0 Å². The summed E-state index contributed by atoms with van der Waals surface area (Å²) in [5.74, 6) is -3.60. The van der Waals surface area contributed by atoms with Crippen molar-refractivity contribution in [2.45, 2.75) is 44.7 Å². The third-order valence-electron chi connectivity index (χ3n) is 5.43. The molecule has 0 saturated heterocycles. The predicted molar refractivity (Wildman–Crippen MR) is 105 cm³/mol. The van der Waals surface area contributed by atoms with E-state index in [-0.39, 0.29) is 17.7 Å². The highest BCUT2D eigenvalue weighted by molar-refractivity contribution is 5.88. The molecule has 158 valence electrons. The zero-order valence-electron chi connectivity index (χ0n) is 16.5. The quantitative estimate of drug-likeness (QED) is 0.600. The van der Waals surface area contributed by atoms with Crippen LogP contribution in [0.3, 0.4) is 0 Å². The molecule has 0 unspecified atom stereocenters. The number of fused-ring (bicyclic) bond motifs is 1. The van der Waals surface area contributed by atoms with Crippen molar-refractivity contribution in [2.75, 3.05) is 12.0 Å². The van der Waals surface area contributed by atoms with Crippen LogP contribution in [0.2, 0.25) is 0 Å². The van der Waals surface area contributed by atoms with Gasteiger partial charge < -0.3 is 9.88 Å². The van der Waals surface area contributed by atoms with Crippen LogP contribution in [0, 0.1) is 12.7 Å². The van der Waals surface area contributed by atoms with Gasteiger partial charge in [0, 0.05) is 31.3 Å². The number of hydrogen-bond acceptors (Lipinski definition) is 4. The van der Waals surface area contributed by atoms with Crippen LogP contribution in [0.1, 0.15) is 36.7 Å². The van der Waals surface area contributed by atoms with Crippen LogP contribution >= 0.6 is 0 Å². The monoisotopic (exact) mass is 420 g/mol. The SMILES string of the molecule is Cc1nc(NCc2cccc(C(C)(F)F)c2F)c2cn(C3(CF)CC3)c(=O)cc2n1. The molecule has 5 nitrogen and oxygen atoms in total. The lowest BCUT2D eigenvalue weighted by atomic mass is 10.0. The zero-order valence-corrected chi connectivity index (χ0v) is 16.5. The normalized spacial score (nSPS) is 15.4. The van der Waals surface area contributed by atoms with Crippen LogP contribution in [0.5, 0.6) is 0 Å². The van der Waals surface area contributed by atoms with Crippen molar-refractivity contribution in [3.05, 3.63) is 63.6 Å². The predicted octanol–water partition coefficient (Wildman–Crippen LogP) is 4.42. The molecular formula is C21H20F4N4O. The topological polar surface area (TPSA) is 59.8 Å². The fourth-order valence-corrected chi connectivity index (χ4v) is 3.54. The number of aromatic nitrogens is 3. The van der Waals surface area contributed by atoms with Gasteiger partial charge in [0.15, 0.2) is 0 Å². The molecule has 1 fully saturated rings. The van der Waals surface area contributed by atoms with Gasteiger partial charge in [-0.15, -0.1) is 0 Å². The van der Waals surface area contributed by atoms with E-state index in [1.54, 1.807) is 6.92 Å². The Bertz CT molecular complexity index is 1180. The molecule has 1 aliphatic carbocycles.